The topological polar surface area (TPSA) is 124 Å². The minimum Gasteiger partial charge on any atom is -0.391 e. The first kappa shape index (κ1) is 15.4. The lowest BCUT2D eigenvalue weighted by Gasteiger charge is -2.13. The number of carbonyl (C=O) groups excluding carboxylic acids is 4. The molecule has 0 fully saturated rings. The molecule has 2 aromatic rings. The predicted molar refractivity (Wildman–Crippen MR) is 78.1 cm³/mol. The quantitative estimate of drug-likeness (QED) is 0.425. The van der Waals surface area contributed by atoms with Crippen LogP contribution in [0.15, 0.2) is 36.4 Å². The van der Waals surface area contributed by atoms with Gasteiger partial charge >= 0.3 is 24.6 Å². The molecule has 0 amide bonds. The van der Waals surface area contributed by atoms with Gasteiger partial charge in [-0.1, -0.05) is 24.3 Å². The molecule has 0 saturated heterocycles. The fourth-order valence-electron chi connectivity index (χ4n) is 2.39. The first-order chi connectivity index (χ1) is 12.5. The number of rotatable bonds is 1. The molecule has 2 aromatic carbocycles. The van der Waals surface area contributed by atoms with Crippen LogP contribution in [0.25, 0.3) is 11.1 Å². The first-order valence-electron chi connectivity index (χ1n) is 7.00. The average Bonchev–Trinajstić information content (AvgIpc) is 2.81. The second-order valence-electron chi connectivity index (χ2n) is 4.88. The number of benzene rings is 2. The smallest absolute Gasteiger partial charge is 0.391 e. The third kappa shape index (κ3) is 2.65. The van der Waals surface area contributed by atoms with E-state index in [9.17, 15) is 19.2 Å². The molecule has 0 bridgehead atoms. The lowest BCUT2D eigenvalue weighted by atomic mass is 10.0. The summed E-state index contributed by atoms with van der Waals surface area (Å²) in [6.07, 6.45) is -5.11. The van der Waals surface area contributed by atoms with Gasteiger partial charge in [0.2, 0.25) is 0 Å². The van der Waals surface area contributed by atoms with Crippen LogP contribution >= 0.6 is 0 Å². The Labute approximate surface area is 143 Å². The summed E-state index contributed by atoms with van der Waals surface area (Å²) in [5, 5.41) is 0. The van der Waals surface area contributed by atoms with E-state index in [1.807, 2.05) is 0 Å². The van der Waals surface area contributed by atoms with E-state index in [0.717, 1.165) is 0 Å². The Hall–Kier alpha value is -4.08. The van der Waals surface area contributed by atoms with Crippen molar-refractivity contribution in [3.63, 3.8) is 0 Å². The van der Waals surface area contributed by atoms with Gasteiger partial charge in [0.05, 0.1) is 0 Å². The van der Waals surface area contributed by atoms with Gasteiger partial charge in [0.25, 0.3) is 0 Å². The summed E-state index contributed by atoms with van der Waals surface area (Å²) in [7, 11) is 0. The molecule has 0 aromatic heterocycles. The summed E-state index contributed by atoms with van der Waals surface area (Å²) in [6.45, 7) is 0. The van der Waals surface area contributed by atoms with E-state index in [-0.39, 0.29) is 34.1 Å². The molecule has 0 radical (unpaired) electrons. The molecule has 0 saturated carbocycles. The van der Waals surface area contributed by atoms with Gasteiger partial charge in [0.15, 0.2) is 23.0 Å². The van der Waals surface area contributed by atoms with Gasteiger partial charge < -0.3 is 28.4 Å². The van der Waals surface area contributed by atoms with E-state index < -0.39 is 24.6 Å². The molecule has 0 spiro atoms. The van der Waals surface area contributed by atoms with Crippen LogP contribution in [0.3, 0.4) is 0 Å². The Balaban J connectivity index is 1.91. The third-order valence-corrected chi connectivity index (χ3v) is 3.34. The van der Waals surface area contributed by atoms with E-state index in [0.29, 0.717) is 0 Å². The van der Waals surface area contributed by atoms with Crippen LogP contribution in [-0.2, 0) is 9.47 Å². The maximum Gasteiger partial charge on any atom is 0.524 e. The second kappa shape index (κ2) is 5.77. The average molecular weight is 358 g/mol. The monoisotopic (exact) mass is 358 g/mol. The summed E-state index contributed by atoms with van der Waals surface area (Å²) in [5.74, 6) is -0.484. The Bertz CT molecular complexity index is 897. The van der Waals surface area contributed by atoms with Crippen molar-refractivity contribution in [2.45, 2.75) is 0 Å². The highest BCUT2D eigenvalue weighted by Gasteiger charge is 2.31. The molecule has 0 unspecified atom stereocenters. The first-order valence-corrected chi connectivity index (χ1v) is 7.00. The van der Waals surface area contributed by atoms with Crippen molar-refractivity contribution >= 4 is 24.6 Å². The highest BCUT2D eigenvalue weighted by Crippen LogP contribution is 2.46. The summed E-state index contributed by atoms with van der Waals surface area (Å²) >= 11 is 0. The van der Waals surface area contributed by atoms with Crippen LogP contribution in [-0.4, -0.2) is 24.6 Å². The van der Waals surface area contributed by atoms with Crippen LogP contribution in [0.1, 0.15) is 0 Å². The molecule has 2 aliphatic rings. The zero-order chi connectivity index (χ0) is 18.3. The number of fused-ring (bicyclic) bond motifs is 2. The van der Waals surface area contributed by atoms with Gasteiger partial charge in [-0.05, 0) is 12.1 Å². The number of hydrogen-bond acceptors (Lipinski definition) is 10. The molecule has 0 aliphatic carbocycles. The Morgan fingerprint density at radius 1 is 0.462 bits per heavy atom. The highest BCUT2D eigenvalue weighted by atomic mass is 16.8. The molecule has 0 atom stereocenters. The van der Waals surface area contributed by atoms with Crippen molar-refractivity contribution in [3.8, 4) is 34.1 Å². The zero-order valence-corrected chi connectivity index (χ0v) is 12.5. The van der Waals surface area contributed by atoms with Crippen molar-refractivity contribution < 1.29 is 47.6 Å². The molecule has 130 valence electrons. The van der Waals surface area contributed by atoms with Gasteiger partial charge in [-0.25, -0.2) is 19.2 Å². The predicted octanol–water partition coefficient (Wildman–Crippen LogP) is 3.41. The molecule has 2 heterocycles. The highest BCUT2D eigenvalue weighted by molar-refractivity contribution is 5.91. The minimum atomic E-state index is -1.30. The molecule has 4 rings (SSSR count). The number of cyclic esters (lactones) is 4. The molecule has 26 heavy (non-hydrogen) atoms. The molecule has 10 nitrogen and oxygen atoms in total. The van der Waals surface area contributed by atoms with E-state index in [1.165, 1.54) is 36.4 Å². The Morgan fingerprint density at radius 2 is 0.846 bits per heavy atom. The molecule has 2 aliphatic heterocycles. The van der Waals surface area contributed by atoms with Gasteiger partial charge in [0, 0.05) is 11.1 Å². The molecule has 0 N–H and O–H groups in total. The zero-order valence-electron chi connectivity index (χ0n) is 12.5. The van der Waals surface area contributed by atoms with Crippen LogP contribution in [0.2, 0.25) is 0 Å². The normalized spacial score (nSPS) is 15.5. The summed E-state index contributed by atoms with van der Waals surface area (Å²) < 4.78 is 28.2. The van der Waals surface area contributed by atoms with Crippen LogP contribution in [0.5, 0.6) is 23.0 Å². The number of hydrogen-bond donors (Lipinski definition) is 0. The van der Waals surface area contributed by atoms with Gasteiger partial charge in [-0.2, -0.15) is 0 Å². The van der Waals surface area contributed by atoms with E-state index in [2.05, 4.69) is 9.47 Å². The van der Waals surface area contributed by atoms with Crippen LogP contribution in [0.4, 0.5) is 19.2 Å². The number of ether oxygens (including phenoxy) is 6. The van der Waals surface area contributed by atoms with E-state index in [4.69, 9.17) is 18.9 Å². The maximum absolute atomic E-state index is 11.6. The standard InChI is InChI=1S/C16H6O10/c17-13-21-9-5-1-3-7(11(9)23-15(19)25-13)8-4-2-6-10-12(8)24-16(20)26-14(18)22-10/h1-6H. The largest absolute Gasteiger partial charge is 0.524 e. The number of carbonyl (C=O) groups is 4. The lowest BCUT2D eigenvalue weighted by molar-refractivity contribution is 0.0974. The molecule has 10 heteroatoms. The Kier molecular flexibility index (Phi) is 3.43. The van der Waals surface area contributed by atoms with Crippen molar-refractivity contribution in [3.05, 3.63) is 36.4 Å². The van der Waals surface area contributed by atoms with Gasteiger partial charge in [-0.15, -0.1) is 0 Å². The second-order valence-corrected chi connectivity index (χ2v) is 4.88. The fraction of sp³-hybridized carbons (Fsp3) is 0. The number of para-hydroxylation sites is 2. The minimum absolute atomic E-state index is 0.0934. The Morgan fingerprint density at radius 3 is 1.27 bits per heavy atom. The van der Waals surface area contributed by atoms with Crippen molar-refractivity contribution in [1.29, 1.82) is 0 Å². The van der Waals surface area contributed by atoms with Crippen molar-refractivity contribution in [2.75, 3.05) is 0 Å². The van der Waals surface area contributed by atoms with Crippen molar-refractivity contribution in [2.24, 2.45) is 0 Å². The third-order valence-electron chi connectivity index (χ3n) is 3.34. The van der Waals surface area contributed by atoms with Gasteiger partial charge in [-0.3, -0.25) is 0 Å². The summed E-state index contributed by atoms with van der Waals surface area (Å²) in [4.78, 5) is 45.9. The molecular formula is C16H6O10. The van der Waals surface area contributed by atoms with Crippen molar-refractivity contribution in [1.82, 2.24) is 0 Å². The van der Waals surface area contributed by atoms with Crippen LogP contribution in [0, 0.1) is 0 Å². The summed E-state index contributed by atoms with van der Waals surface area (Å²) in [5.41, 5.74) is 0.411. The lowest BCUT2D eigenvalue weighted by Crippen LogP contribution is -2.15. The van der Waals surface area contributed by atoms with Gasteiger partial charge in [0.1, 0.15) is 0 Å². The summed E-state index contributed by atoms with van der Waals surface area (Å²) in [6, 6.07) is 8.75. The fourth-order valence-corrected chi connectivity index (χ4v) is 2.39. The van der Waals surface area contributed by atoms with Crippen LogP contribution < -0.4 is 18.9 Å². The SMILES string of the molecule is O=C1OC(=O)Oc2c(cccc2-c2cccc3c2OC(=O)OC(=O)O3)O1. The van der Waals surface area contributed by atoms with E-state index in [1.54, 1.807) is 0 Å². The van der Waals surface area contributed by atoms with E-state index >= 15 is 0 Å². The maximum atomic E-state index is 11.6. The molecular weight excluding hydrogens is 352 g/mol.